The van der Waals surface area contributed by atoms with Gasteiger partial charge in [-0.05, 0) is 55.5 Å². The molecule has 0 radical (unpaired) electrons. The van der Waals surface area contributed by atoms with Crippen LogP contribution in [0.1, 0.15) is 68.4 Å². The van der Waals surface area contributed by atoms with Crippen molar-refractivity contribution in [2.45, 2.75) is 47.0 Å². The number of aromatic carboxylic acids is 1. The van der Waals surface area contributed by atoms with Crippen molar-refractivity contribution >= 4 is 12.0 Å². The van der Waals surface area contributed by atoms with E-state index in [0.29, 0.717) is 12.2 Å². The van der Waals surface area contributed by atoms with Gasteiger partial charge in [-0.3, -0.25) is 0 Å². The maximum atomic E-state index is 11.3. The van der Waals surface area contributed by atoms with Crippen LogP contribution in [0.5, 0.6) is 0 Å². The fourth-order valence-electron chi connectivity index (χ4n) is 2.25. The lowest BCUT2D eigenvalue weighted by molar-refractivity contribution is 0.0695. The maximum Gasteiger partial charge on any atom is 0.335 e. The van der Waals surface area contributed by atoms with Crippen LogP contribution in [-0.2, 0) is 4.74 Å². The van der Waals surface area contributed by atoms with E-state index in [1.165, 1.54) is 5.57 Å². The molecule has 0 aliphatic heterocycles. The van der Waals surface area contributed by atoms with Gasteiger partial charge in [-0.25, -0.2) is 4.79 Å². The Labute approximate surface area is 145 Å². The van der Waals surface area contributed by atoms with E-state index in [1.807, 2.05) is 64.1 Å². The van der Waals surface area contributed by atoms with Gasteiger partial charge in [-0.2, -0.15) is 0 Å². The van der Waals surface area contributed by atoms with E-state index in [9.17, 15) is 9.90 Å². The molecule has 0 amide bonds. The standard InChI is InChI=1S/C21H28O3/c1-6-12-24-18(13-15(2)3)9-7-8-17-10-11-19(21(22)23)20(14-17)16(4)5/h7-11,13-14,16H,6,12H2,1-5H3,(H,22,23)/b8-7+,18-9+. The number of benzene rings is 1. The molecule has 0 aromatic heterocycles. The summed E-state index contributed by atoms with van der Waals surface area (Å²) < 4.78 is 5.71. The normalized spacial score (nSPS) is 11.8. The topological polar surface area (TPSA) is 46.5 Å². The Morgan fingerprint density at radius 2 is 2.00 bits per heavy atom. The second kappa shape index (κ2) is 9.76. The second-order valence-electron chi connectivity index (χ2n) is 6.30. The van der Waals surface area contributed by atoms with Crippen LogP contribution in [0, 0.1) is 0 Å². The van der Waals surface area contributed by atoms with Crippen molar-refractivity contribution in [3.63, 3.8) is 0 Å². The zero-order valence-electron chi connectivity index (χ0n) is 15.3. The predicted molar refractivity (Wildman–Crippen MR) is 100 cm³/mol. The molecule has 24 heavy (non-hydrogen) atoms. The first-order valence-electron chi connectivity index (χ1n) is 8.38. The highest BCUT2D eigenvalue weighted by molar-refractivity contribution is 5.90. The number of hydrogen-bond acceptors (Lipinski definition) is 2. The average molecular weight is 328 g/mol. The largest absolute Gasteiger partial charge is 0.494 e. The van der Waals surface area contributed by atoms with Crippen molar-refractivity contribution < 1.29 is 14.6 Å². The first-order chi connectivity index (χ1) is 11.3. The molecule has 0 heterocycles. The Kier molecular flexibility index (Phi) is 8.03. The number of carbonyl (C=O) groups is 1. The summed E-state index contributed by atoms with van der Waals surface area (Å²) in [6.07, 6.45) is 8.80. The van der Waals surface area contributed by atoms with E-state index >= 15 is 0 Å². The van der Waals surface area contributed by atoms with Gasteiger partial charge in [0.1, 0.15) is 5.76 Å². The summed E-state index contributed by atoms with van der Waals surface area (Å²) in [7, 11) is 0. The molecule has 0 atom stereocenters. The molecule has 3 heteroatoms. The minimum atomic E-state index is -0.882. The summed E-state index contributed by atoms with van der Waals surface area (Å²) in [6.45, 7) is 10.8. The molecule has 0 spiro atoms. The highest BCUT2D eigenvalue weighted by Crippen LogP contribution is 2.22. The van der Waals surface area contributed by atoms with Gasteiger partial charge in [-0.1, -0.05) is 50.6 Å². The average Bonchev–Trinajstić information content (AvgIpc) is 2.51. The van der Waals surface area contributed by atoms with E-state index in [-0.39, 0.29) is 5.92 Å². The molecule has 1 N–H and O–H groups in total. The first kappa shape index (κ1) is 19.8. The van der Waals surface area contributed by atoms with Crippen LogP contribution in [0.2, 0.25) is 0 Å². The maximum absolute atomic E-state index is 11.3. The molecule has 3 nitrogen and oxygen atoms in total. The van der Waals surface area contributed by atoms with Gasteiger partial charge in [-0.15, -0.1) is 0 Å². The lowest BCUT2D eigenvalue weighted by Crippen LogP contribution is -2.04. The zero-order valence-corrected chi connectivity index (χ0v) is 15.3. The van der Waals surface area contributed by atoms with E-state index in [0.717, 1.165) is 23.3 Å². The summed E-state index contributed by atoms with van der Waals surface area (Å²) in [6, 6.07) is 5.44. The van der Waals surface area contributed by atoms with Crippen molar-refractivity contribution in [1.82, 2.24) is 0 Å². The molecule has 130 valence electrons. The smallest absolute Gasteiger partial charge is 0.335 e. The number of allylic oxidation sites excluding steroid dienone is 4. The van der Waals surface area contributed by atoms with Gasteiger partial charge < -0.3 is 9.84 Å². The highest BCUT2D eigenvalue weighted by atomic mass is 16.5. The number of hydrogen-bond donors (Lipinski definition) is 1. The van der Waals surface area contributed by atoms with E-state index in [4.69, 9.17) is 4.74 Å². The van der Waals surface area contributed by atoms with Crippen LogP contribution in [-0.4, -0.2) is 17.7 Å². The molecular weight excluding hydrogens is 300 g/mol. The van der Waals surface area contributed by atoms with Crippen LogP contribution < -0.4 is 0 Å². The summed E-state index contributed by atoms with van der Waals surface area (Å²) in [5.74, 6) is 0.112. The molecule has 1 aromatic carbocycles. The molecule has 0 aliphatic rings. The Hall–Kier alpha value is -2.29. The number of rotatable bonds is 8. The molecule has 0 fully saturated rings. The van der Waals surface area contributed by atoms with Crippen molar-refractivity contribution in [1.29, 1.82) is 0 Å². The van der Waals surface area contributed by atoms with Crippen LogP contribution >= 0.6 is 0 Å². The Morgan fingerprint density at radius 1 is 1.29 bits per heavy atom. The summed E-state index contributed by atoms with van der Waals surface area (Å²) in [5, 5.41) is 9.27. The number of ether oxygens (including phenoxy) is 1. The van der Waals surface area contributed by atoms with E-state index in [2.05, 4.69) is 6.92 Å². The fourth-order valence-corrected chi connectivity index (χ4v) is 2.25. The Morgan fingerprint density at radius 3 is 2.54 bits per heavy atom. The van der Waals surface area contributed by atoms with E-state index in [1.54, 1.807) is 6.07 Å². The Balaban J connectivity index is 3.03. The molecule has 0 saturated heterocycles. The van der Waals surface area contributed by atoms with Gasteiger partial charge in [0.05, 0.1) is 12.2 Å². The van der Waals surface area contributed by atoms with Crippen LogP contribution in [0.15, 0.2) is 47.8 Å². The highest BCUT2D eigenvalue weighted by Gasteiger charge is 2.12. The molecule has 0 bridgehead atoms. The third kappa shape index (κ3) is 6.45. The van der Waals surface area contributed by atoms with E-state index < -0.39 is 5.97 Å². The lowest BCUT2D eigenvalue weighted by atomic mass is 9.95. The van der Waals surface area contributed by atoms with Crippen LogP contribution in [0.3, 0.4) is 0 Å². The molecule has 0 unspecified atom stereocenters. The third-order valence-corrected chi connectivity index (χ3v) is 3.38. The zero-order chi connectivity index (χ0) is 18.1. The van der Waals surface area contributed by atoms with Gasteiger partial charge in [0.2, 0.25) is 0 Å². The SMILES string of the molecule is CCCO/C(C=C(C)C)=C/C=C/c1ccc(C(=O)O)c(C(C)C)c1. The van der Waals surface area contributed by atoms with Crippen LogP contribution in [0.25, 0.3) is 6.08 Å². The van der Waals surface area contributed by atoms with Crippen molar-refractivity contribution in [2.24, 2.45) is 0 Å². The monoisotopic (exact) mass is 328 g/mol. The van der Waals surface area contributed by atoms with Crippen LogP contribution in [0.4, 0.5) is 0 Å². The molecule has 0 aliphatic carbocycles. The van der Waals surface area contributed by atoms with Crippen molar-refractivity contribution in [2.75, 3.05) is 6.61 Å². The van der Waals surface area contributed by atoms with Gasteiger partial charge in [0, 0.05) is 0 Å². The van der Waals surface area contributed by atoms with Crippen molar-refractivity contribution in [3.8, 4) is 0 Å². The minimum absolute atomic E-state index is 0.161. The quantitative estimate of drug-likeness (QED) is 0.484. The lowest BCUT2D eigenvalue weighted by Gasteiger charge is -2.10. The fraction of sp³-hybridized carbons (Fsp3) is 0.381. The molecule has 1 rings (SSSR count). The first-order valence-corrected chi connectivity index (χ1v) is 8.38. The van der Waals surface area contributed by atoms with Crippen molar-refractivity contribution in [3.05, 3.63) is 64.4 Å². The summed E-state index contributed by atoms with van der Waals surface area (Å²) >= 11 is 0. The second-order valence-corrected chi connectivity index (χ2v) is 6.30. The van der Waals surface area contributed by atoms with Gasteiger partial charge in [0.15, 0.2) is 0 Å². The van der Waals surface area contributed by atoms with Gasteiger partial charge >= 0.3 is 5.97 Å². The summed E-state index contributed by atoms with van der Waals surface area (Å²) in [4.78, 5) is 11.3. The third-order valence-electron chi connectivity index (χ3n) is 3.38. The predicted octanol–water partition coefficient (Wildman–Crippen LogP) is 5.80. The molecule has 0 saturated carbocycles. The molecular formula is C21H28O3. The molecule has 1 aromatic rings. The Bertz CT molecular complexity index is 645. The summed E-state index contributed by atoms with van der Waals surface area (Å²) in [5.41, 5.74) is 3.38. The van der Waals surface area contributed by atoms with Gasteiger partial charge in [0.25, 0.3) is 0 Å². The minimum Gasteiger partial charge on any atom is -0.494 e. The number of carboxylic acids is 1. The number of carboxylic acid groups (broad SMARTS) is 1.